The van der Waals surface area contributed by atoms with Gasteiger partial charge in [-0.05, 0) is 36.8 Å². The van der Waals surface area contributed by atoms with Crippen molar-refractivity contribution in [3.63, 3.8) is 0 Å². The van der Waals surface area contributed by atoms with E-state index in [-0.39, 0.29) is 23.8 Å². The highest BCUT2D eigenvalue weighted by atomic mass is 35.5. The van der Waals surface area contributed by atoms with Crippen LogP contribution in [0.3, 0.4) is 0 Å². The first-order valence-corrected chi connectivity index (χ1v) is 6.62. The topological polar surface area (TPSA) is 51.5 Å². The molecule has 0 radical (unpaired) electrons. The van der Waals surface area contributed by atoms with Crippen LogP contribution < -0.4 is 5.32 Å². The summed E-state index contributed by atoms with van der Waals surface area (Å²) in [5.41, 5.74) is 0.948. The normalized spacial score (nSPS) is 13.8. The molecule has 0 aliphatic heterocycles. The van der Waals surface area contributed by atoms with Crippen LogP contribution in [0.4, 0.5) is 0 Å². The van der Waals surface area contributed by atoms with Gasteiger partial charge in [0.2, 0.25) is 0 Å². The second-order valence-corrected chi connectivity index (χ2v) is 4.88. The van der Waals surface area contributed by atoms with Crippen molar-refractivity contribution in [2.45, 2.75) is 19.1 Å². The van der Waals surface area contributed by atoms with Gasteiger partial charge in [-0.25, -0.2) is 0 Å². The molecular weight excluding hydrogens is 278 g/mol. The van der Waals surface area contributed by atoms with Crippen LogP contribution in [-0.2, 0) is 4.74 Å². The minimum absolute atomic E-state index is 0.209. The number of amides is 1. The molecular formula is C15H16ClNO3. The van der Waals surface area contributed by atoms with Gasteiger partial charge in [0, 0.05) is 12.1 Å². The highest BCUT2D eigenvalue weighted by molar-refractivity contribution is 6.30. The number of rotatable bonds is 5. The van der Waals surface area contributed by atoms with Crippen LogP contribution in [-0.4, -0.2) is 19.1 Å². The van der Waals surface area contributed by atoms with Crippen molar-refractivity contribution in [2.75, 3.05) is 7.11 Å². The molecule has 1 N–H and O–H groups in total. The molecule has 2 rings (SSSR count). The zero-order chi connectivity index (χ0) is 14.5. The summed E-state index contributed by atoms with van der Waals surface area (Å²) >= 11 is 5.87. The number of carbonyl (C=O) groups is 1. The first-order chi connectivity index (χ1) is 9.61. The molecule has 0 aliphatic rings. The first-order valence-electron chi connectivity index (χ1n) is 6.24. The number of nitrogens with one attached hydrogen (secondary N) is 1. The Hall–Kier alpha value is -1.78. The summed E-state index contributed by atoms with van der Waals surface area (Å²) in [5.74, 6) is 0.0151. The number of hydrogen-bond acceptors (Lipinski definition) is 3. The smallest absolute Gasteiger partial charge is 0.287 e. The molecule has 1 amide bonds. The van der Waals surface area contributed by atoms with Gasteiger partial charge in [0.1, 0.15) is 6.10 Å². The number of furan rings is 1. The van der Waals surface area contributed by atoms with E-state index in [0.29, 0.717) is 5.02 Å². The average Bonchev–Trinajstić information content (AvgIpc) is 2.96. The van der Waals surface area contributed by atoms with Crippen molar-refractivity contribution < 1.29 is 13.9 Å². The van der Waals surface area contributed by atoms with Crippen LogP contribution >= 0.6 is 11.6 Å². The molecule has 1 aromatic carbocycles. The Kier molecular flexibility index (Phi) is 4.82. The lowest BCUT2D eigenvalue weighted by atomic mass is 10.0. The quantitative estimate of drug-likeness (QED) is 0.919. The summed E-state index contributed by atoms with van der Waals surface area (Å²) in [6, 6.07) is 10.4. The summed E-state index contributed by atoms with van der Waals surface area (Å²) in [6.45, 7) is 1.88. The Labute approximate surface area is 122 Å². The summed E-state index contributed by atoms with van der Waals surface area (Å²) in [4.78, 5) is 11.9. The van der Waals surface area contributed by atoms with E-state index in [1.165, 1.54) is 6.26 Å². The maximum absolute atomic E-state index is 11.9. The van der Waals surface area contributed by atoms with E-state index in [4.69, 9.17) is 20.8 Å². The molecule has 2 unspecified atom stereocenters. The number of benzene rings is 1. The molecule has 0 spiro atoms. The molecule has 0 fully saturated rings. The molecule has 20 heavy (non-hydrogen) atoms. The van der Waals surface area contributed by atoms with E-state index < -0.39 is 0 Å². The van der Waals surface area contributed by atoms with Gasteiger partial charge in [0.05, 0.1) is 12.3 Å². The van der Waals surface area contributed by atoms with Crippen LogP contribution in [0.25, 0.3) is 0 Å². The molecule has 2 aromatic rings. The standard InChI is InChI=1S/C15H16ClNO3/c1-10(17-15(18)13-4-3-9-20-13)14(19-2)11-5-7-12(16)8-6-11/h3-10,14H,1-2H3,(H,17,18). The van der Waals surface area contributed by atoms with Gasteiger partial charge in [0.15, 0.2) is 5.76 Å². The van der Waals surface area contributed by atoms with Gasteiger partial charge >= 0.3 is 0 Å². The van der Waals surface area contributed by atoms with Crippen molar-refractivity contribution >= 4 is 17.5 Å². The Bertz CT molecular complexity index is 551. The predicted molar refractivity (Wildman–Crippen MR) is 76.8 cm³/mol. The Morgan fingerprint density at radius 1 is 1.30 bits per heavy atom. The largest absolute Gasteiger partial charge is 0.459 e. The van der Waals surface area contributed by atoms with E-state index in [0.717, 1.165) is 5.56 Å². The summed E-state index contributed by atoms with van der Waals surface area (Å²) < 4.78 is 10.5. The minimum Gasteiger partial charge on any atom is -0.459 e. The van der Waals surface area contributed by atoms with Crippen LogP contribution in [0.2, 0.25) is 5.02 Å². The summed E-state index contributed by atoms with van der Waals surface area (Å²) in [7, 11) is 1.61. The predicted octanol–water partition coefficient (Wildman–Crippen LogP) is 3.44. The van der Waals surface area contributed by atoms with Crippen molar-refractivity contribution in [1.29, 1.82) is 0 Å². The fraction of sp³-hybridized carbons (Fsp3) is 0.267. The van der Waals surface area contributed by atoms with Crippen molar-refractivity contribution in [1.82, 2.24) is 5.32 Å². The third kappa shape index (κ3) is 3.40. The Balaban J connectivity index is 2.07. The molecule has 0 saturated carbocycles. The Morgan fingerprint density at radius 2 is 2.00 bits per heavy atom. The van der Waals surface area contributed by atoms with Crippen LogP contribution in [0.5, 0.6) is 0 Å². The van der Waals surface area contributed by atoms with Gasteiger partial charge in [-0.2, -0.15) is 0 Å². The molecule has 0 saturated heterocycles. The molecule has 0 bridgehead atoms. The van der Waals surface area contributed by atoms with E-state index in [1.807, 2.05) is 19.1 Å². The second kappa shape index (κ2) is 6.59. The molecule has 1 heterocycles. The molecule has 0 aliphatic carbocycles. The summed E-state index contributed by atoms with van der Waals surface area (Å²) in [5, 5.41) is 3.52. The van der Waals surface area contributed by atoms with E-state index in [2.05, 4.69) is 5.32 Å². The zero-order valence-electron chi connectivity index (χ0n) is 11.3. The lowest BCUT2D eigenvalue weighted by Crippen LogP contribution is -2.37. The molecule has 1 aromatic heterocycles. The van der Waals surface area contributed by atoms with Crippen LogP contribution in [0.15, 0.2) is 47.1 Å². The molecule has 106 valence electrons. The van der Waals surface area contributed by atoms with Gasteiger partial charge in [-0.15, -0.1) is 0 Å². The minimum atomic E-state index is -0.265. The van der Waals surface area contributed by atoms with Gasteiger partial charge in [0.25, 0.3) is 5.91 Å². The van der Waals surface area contributed by atoms with Crippen LogP contribution in [0.1, 0.15) is 29.1 Å². The lowest BCUT2D eigenvalue weighted by molar-refractivity contribution is 0.0632. The maximum atomic E-state index is 11.9. The van der Waals surface area contributed by atoms with E-state index in [9.17, 15) is 4.79 Å². The molecule has 5 heteroatoms. The monoisotopic (exact) mass is 293 g/mol. The van der Waals surface area contributed by atoms with Gasteiger partial charge < -0.3 is 14.5 Å². The zero-order valence-corrected chi connectivity index (χ0v) is 12.1. The SMILES string of the molecule is COC(c1ccc(Cl)cc1)C(C)NC(=O)c1ccco1. The molecule has 2 atom stereocenters. The van der Waals surface area contributed by atoms with Gasteiger partial charge in [-0.3, -0.25) is 4.79 Å². The number of carbonyl (C=O) groups excluding carboxylic acids is 1. The third-order valence-electron chi connectivity index (χ3n) is 3.01. The fourth-order valence-corrected chi connectivity index (χ4v) is 2.17. The second-order valence-electron chi connectivity index (χ2n) is 4.45. The van der Waals surface area contributed by atoms with Gasteiger partial charge in [-0.1, -0.05) is 23.7 Å². The maximum Gasteiger partial charge on any atom is 0.287 e. The Morgan fingerprint density at radius 3 is 2.55 bits per heavy atom. The van der Waals surface area contributed by atoms with Crippen LogP contribution in [0, 0.1) is 0 Å². The average molecular weight is 294 g/mol. The summed E-state index contributed by atoms with van der Waals surface area (Å²) in [6.07, 6.45) is 1.21. The van der Waals surface area contributed by atoms with Crippen molar-refractivity contribution in [2.24, 2.45) is 0 Å². The number of methoxy groups -OCH3 is 1. The number of ether oxygens (including phenoxy) is 1. The third-order valence-corrected chi connectivity index (χ3v) is 3.26. The van der Waals surface area contributed by atoms with E-state index in [1.54, 1.807) is 31.4 Å². The highest BCUT2D eigenvalue weighted by Crippen LogP contribution is 2.22. The lowest BCUT2D eigenvalue weighted by Gasteiger charge is -2.23. The fourth-order valence-electron chi connectivity index (χ4n) is 2.04. The van der Waals surface area contributed by atoms with Crippen molar-refractivity contribution in [3.8, 4) is 0 Å². The number of hydrogen-bond donors (Lipinski definition) is 1. The molecule has 4 nitrogen and oxygen atoms in total. The number of halogens is 1. The van der Waals surface area contributed by atoms with E-state index >= 15 is 0 Å². The van der Waals surface area contributed by atoms with Crippen molar-refractivity contribution in [3.05, 3.63) is 59.0 Å². The highest BCUT2D eigenvalue weighted by Gasteiger charge is 2.22. The first kappa shape index (κ1) is 14.6.